The number of hydrogen-bond donors (Lipinski definition) is 3. The molecule has 0 bridgehead atoms. The van der Waals surface area contributed by atoms with E-state index < -0.39 is 12.1 Å². The molecular weight excluding hydrogens is 296 g/mol. The number of nitrogens with zero attached hydrogens (tertiary/aromatic N) is 3. The highest BCUT2D eigenvalue weighted by molar-refractivity contribution is 5.86. The maximum absolute atomic E-state index is 12.2. The number of carbonyl (C=O) groups excluding carboxylic acids is 2. The normalized spacial score (nSPS) is 12.0. The van der Waals surface area contributed by atoms with Crippen LogP contribution in [-0.4, -0.2) is 32.7 Å². The Kier molecular flexibility index (Phi) is 5.29. The predicted molar refractivity (Wildman–Crippen MR) is 84.6 cm³/mol. The monoisotopic (exact) mass is 316 g/mol. The number of amides is 3. The first-order valence-electron chi connectivity index (χ1n) is 7.26. The summed E-state index contributed by atoms with van der Waals surface area (Å²) >= 11 is 0. The summed E-state index contributed by atoms with van der Waals surface area (Å²) in [5.74, 6) is 0.313. The Bertz CT molecular complexity index is 668. The third-order valence-corrected chi connectivity index (χ3v) is 3.26. The minimum absolute atomic E-state index is 0.0698. The van der Waals surface area contributed by atoms with Crippen molar-refractivity contribution < 1.29 is 9.59 Å². The summed E-state index contributed by atoms with van der Waals surface area (Å²) in [6.45, 7) is 3.99. The Hall–Kier alpha value is -2.90. The molecule has 0 saturated carbocycles. The molecule has 0 fully saturated rings. The van der Waals surface area contributed by atoms with Gasteiger partial charge in [-0.25, -0.2) is 14.5 Å². The number of rotatable bonds is 6. The van der Waals surface area contributed by atoms with Gasteiger partial charge < -0.3 is 16.4 Å². The van der Waals surface area contributed by atoms with Crippen LogP contribution in [0.3, 0.4) is 0 Å². The van der Waals surface area contributed by atoms with Gasteiger partial charge in [-0.05, 0) is 29.7 Å². The molecule has 2 heterocycles. The second kappa shape index (κ2) is 7.39. The minimum atomic E-state index is -0.719. The van der Waals surface area contributed by atoms with Crippen LogP contribution in [0.2, 0.25) is 0 Å². The highest BCUT2D eigenvalue weighted by Gasteiger charge is 2.22. The van der Waals surface area contributed by atoms with E-state index in [0.29, 0.717) is 12.4 Å². The summed E-state index contributed by atoms with van der Waals surface area (Å²) in [5.41, 5.74) is 5.98. The van der Waals surface area contributed by atoms with Gasteiger partial charge in [0.2, 0.25) is 5.91 Å². The molecule has 0 spiro atoms. The van der Waals surface area contributed by atoms with Gasteiger partial charge in [0.1, 0.15) is 6.04 Å². The third kappa shape index (κ3) is 4.53. The lowest BCUT2D eigenvalue weighted by Gasteiger charge is -2.20. The number of nitrogens with two attached hydrogens (primary N) is 1. The summed E-state index contributed by atoms with van der Waals surface area (Å²) in [5, 5.41) is 9.35. The van der Waals surface area contributed by atoms with E-state index in [-0.39, 0.29) is 11.8 Å². The van der Waals surface area contributed by atoms with E-state index in [4.69, 9.17) is 5.73 Å². The number of primary amides is 1. The minimum Gasteiger partial charge on any atom is -0.352 e. The van der Waals surface area contributed by atoms with Crippen molar-refractivity contribution in [1.29, 1.82) is 0 Å². The first-order valence-corrected chi connectivity index (χ1v) is 7.26. The zero-order valence-electron chi connectivity index (χ0n) is 13.1. The molecule has 0 aromatic carbocycles. The smallest absolute Gasteiger partial charge is 0.312 e. The van der Waals surface area contributed by atoms with Gasteiger partial charge in [0.15, 0.2) is 5.82 Å². The fourth-order valence-corrected chi connectivity index (χ4v) is 2.09. The van der Waals surface area contributed by atoms with Crippen molar-refractivity contribution in [3.05, 3.63) is 42.4 Å². The molecule has 0 unspecified atom stereocenters. The Labute approximate surface area is 134 Å². The molecule has 0 aliphatic carbocycles. The molecule has 0 saturated heterocycles. The number of hydrogen-bond acceptors (Lipinski definition) is 4. The van der Waals surface area contributed by atoms with Crippen molar-refractivity contribution in [2.45, 2.75) is 26.4 Å². The fraction of sp³-hybridized carbons (Fsp3) is 0.333. The maximum atomic E-state index is 12.2. The van der Waals surface area contributed by atoms with Crippen LogP contribution in [0.1, 0.15) is 19.4 Å². The lowest BCUT2D eigenvalue weighted by Crippen LogP contribution is -2.51. The molecule has 1 atom stereocenters. The molecule has 3 amide bonds. The van der Waals surface area contributed by atoms with Gasteiger partial charge in [0, 0.05) is 25.1 Å². The zero-order chi connectivity index (χ0) is 16.8. The average Bonchev–Trinajstić information content (AvgIpc) is 3.04. The summed E-state index contributed by atoms with van der Waals surface area (Å²) < 4.78 is 1.64. The second-order valence-electron chi connectivity index (χ2n) is 5.42. The van der Waals surface area contributed by atoms with Crippen LogP contribution in [0.4, 0.5) is 4.79 Å². The van der Waals surface area contributed by atoms with Crippen LogP contribution in [-0.2, 0) is 11.3 Å². The molecule has 2 rings (SSSR count). The predicted octanol–water partition coefficient (Wildman–Crippen LogP) is 0.576. The molecule has 0 aliphatic rings. The van der Waals surface area contributed by atoms with Crippen molar-refractivity contribution in [1.82, 2.24) is 25.4 Å². The first kappa shape index (κ1) is 16.5. The van der Waals surface area contributed by atoms with Crippen LogP contribution in [0.15, 0.2) is 36.8 Å². The van der Waals surface area contributed by atoms with E-state index in [9.17, 15) is 9.59 Å². The van der Waals surface area contributed by atoms with E-state index in [1.54, 1.807) is 35.4 Å². The van der Waals surface area contributed by atoms with Gasteiger partial charge in [-0.2, -0.15) is 5.10 Å². The lowest BCUT2D eigenvalue weighted by molar-refractivity contribution is -0.124. The van der Waals surface area contributed by atoms with Gasteiger partial charge in [-0.1, -0.05) is 13.8 Å². The number of carbonyl (C=O) groups is 2. The molecule has 122 valence electrons. The Balaban J connectivity index is 2.01. The van der Waals surface area contributed by atoms with E-state index in [0.717, 1.165) is 5.56 Å². The average molecular weight is 316 g/mol. The quantitative estimate of drug-likeness (QED) is 0.723. The Morgan fingerprint density at radius 3 is 2.74 bits per heavy atom. The largest absolute Gasteiger partial charge is 0.352 e. The SMILES string of the molecule is CC(C)[C@H](NC(N)=O)C(=O)NCc1ccnc(-n2cccn2)c1. The standard InChI is InChI=1S/C15H20N6O2/c1-10(2)13(20-15(16)23)14(22)18-9-11-4-6-17-12(8-11)21-7-3-5-19-21/h3-8,10,13H,9H2,1-2H3,(H,18,22)(H3,16,20,23)/t13-/m0/s1. The highest BCUT2D eigenvalue weighted by atomic mass is 16.2. The van der Waals surface area contributed by atoms with Gasteiger partial charge in [-0.15, -0.1) is 0 Å². The zero-order valence-corrected chi connectivity index (χ0v) is 13.1. The third-order valence-electron chi connectivity index (χ3n) is 3.26. The molecule has 23 heavy (non-hydrogen) atoms. The highest BCUT2D eigenvalue weighted by Crippen LogP contribution is 2.07. The molecule has 8 nitrogen and oxygen atoms in total. The van der Waals surface area contributed by atoms with Crippen LogP contribution in [0.25, 0.3) is 5.82 Å². The van der Waals surface area contributed by atoms with Crippen molar-refractivity contribution in [3.8, 4) is 5.82 Å². The van der Waals surface area contributed by atoms with Crippen molar-refractivity contribution in [2.75, 3.05) is 0 Å². The van der Waals surface area contributed by atoms with E-state index in [1.165, 1.54) is 0 Å². The van der Waals surface area contributed by atoms with Gasteiger partial charge >= 0.3 is 6.03 Å². The van der Waals surface area contributed by atoms with E-state index in [1.807, 2.05) is 19.9 Å². The fourth-order valence-electron chi connectivity index (χ4n) is 2.09. The van der Waals surface area contributed by atoms with Crippen molar-refractivity contribution in [3.63, 3.8) is 0 Å². The second-order valence-corrected chi connectivity index (χ2v) is 5.42. The molecule has 8 heteroatoms. The molecule has 4 N–H and O–H groups in total. The molecule has 0 aliphatic heterocycles. The molecular formula is C15H20N6O2. The Morgan fingerprint density at radius 1 is 1.35 bits per heavy atom. The van der Waals surface area contributed by atoms with Crippen LogP contribution >= 0.6 is 0 Å². The molecule has 2 aromatic rings. The van der Waals surface area contributed by atoms with E-state index in [2.05, 4.69) is 20.7 Å². The first-order chi connectivity index (χ1) is 11.0. The number of nitrogens with one attached hydrogen (secondary N) is 2. The molecule has 2 aromatic heterocycles. The topological polar surface area (TPSA) is 115 Å². The van der Waals surface area contributed by atoms with Gasteiger partial charge in [-0.3, -0.25) is 4.79 Å². The maximum Gasteiger partial charge on any atom is 0.312 e. The summed E-state index contributed by atoms with van der Waals surface area (Å²) in [4.78, 5) is 27.4. The number of aromatic nitrogens is 3. The van der Waals surface area contributed by atoms with Crippen molar-refractivity contribution >= 4 is 11.9 Å². The van der Waals surface area contributed by atoms with Gasteiger partial charge in [0.25, 0.3) is 0 Å². The number of pyridine rings is 1. The summed E-state index contributed by atoms with van der Waals surface area (Å²) in [6, 6.07) is 4.06. The lowest BCUT2D eigenvalue weighted by atomic mass is 10.0. The molecule has 0 radical (unpaired) electrons. The van der Waals surface area contributed by atoms with Crippen LogP contribution in [0, 0.1) is 5.92 Å². The van der Waals surface area contributed by atoms with Gasteiger partial charge in [0.05, 0.1) is 0 Å². The summed E-state index contributed by atoms with van der Waals surface area (Å²) in [6.07, 6.45) is 5.11. The van der Waals surface area contributed by atoms with Crippen LogP contribution in [0.5, 0.6) is 0 Å². The van der Waals surface area contributed by atoms with Crippen LogP contribution < -0.4 is 16.4 Å². The number of urea groups is 1. The van der Waals surface area contributed by atoms with E-state index >= 15 is 0 Å². The van der Waals surface area contributed by atoms with Crippen molar-refractivity contribution in [2.24, 2.45) is 11.7 Å². The summed E-state index contributed by atoms with van der Waals surface area (Å²) in [7, 11) is 0. The Morgan fingerprint density at radius 2 is 2.13 bits per heavy atom.